The number of carbonyl (C=O) groups is 1. The Morgan fingerprint density at radius 2 is 2.11 bits per heavy atom. The zero-order valence-corrected chi connectivity index (χ0v) is 22.2. The van der Waals surface area contributed by atoms with Gasteiger partial charge in [-0.2, -0.15) is 0 Å². The molecule has 1 amide bonds. The molecule has 0 spiro atoms. The molecule has 13 heteroatoms. The first-order valence-corrected chi connectivity index (χ1v) is 14.3. The second-order valence-electron chi connectivity index (χ2n) is 9.15. The molecule has 2 heterocycles. The standard InChI is InChI=1S/C25H28ClFN4O6S/c1-38(34,35)29-13-18-6-5-15(14-37-18)9-10-36-22-19(27)7-8-20-21(22)24(32)31-23(30-20)25(33)28-12-16-3-2-4-17(26)11-16/h2-4,7-8,11,15,18,29H,5-6,9-10,12-14H2,1H3,(H,28,33)(H,30,31,32). The maximum absolute atomic E-state index is 14.6. The minimum Gasteiger partial charge on any atom is -0.490 e. The number of aromatic amines is 1. The van der Waals surface area contributed by atoms with Crippen LogP contribution >= 0.6 is 11.6 Å². The van der Waals surface area contributed by atoms with Crippen LogP contribution in [0.2, 0.25) is 5.02 Å². The highest BCUT2D eigenvalue weighted by atomic mass is 35.5. The molecule has 1 aliphatic heterocycles. The van der Waals surface area contributed by atoms with Crippen molar-refractivity contribution in [2.24, 2.45) is 5.92 Å². The third kappa shape index (κ3) is 7.50. The van der Waals surface area contributed by atoms with Crippen LogP contribution in [0.5, 0.6) is 5.75 Å². The molecule has 1 fully saturated rings. The Balaban J connectivity index is 1.37. The molecule has 1 aliphatic rings. The number of carbonyl (C=O) groups excluding carboxylic acids is 1. The number of hydrogen-bond donors (Lipinski definition) is 3. The van der Waals surface area contributed by atoms with Crippen LogP contribution < -0.4 is 20.3 Å². The van der Waals surface area contributed by atoms with E-state index >= 15 is 0 Å². The number of H-pyrrole nitrogens is 1. The van der Waals surface area contributed by atoms with Crippen LogP contribution in [-0.4, -0.2) is 56.4 Å². The van der Waals surface area contributed by atoms with Crippen molar-refractivity contribution in [2.45, 2.75) is 31.9 Å². The number of ether oxygens (including phenoxy) is 2. The number of halogens is 2. The molecule has 38 heavy (non-hydrogen) atoms. The van der Waals surface area contributed by atoms with Crippen molar-refractivity contribution in [3.05, 3.63) is 69.0 Å². The minimum atomic E-state index is -3.28. The Hall–Kier alpha value is -3.06. The van der Waals surface area contributed by atoms with Gasteiger partial charge in [0, 0.05) is 24.7 Å². The molecule has 0 bridgehead atoms. The van der Waals surface area contributed by atoms with Gasteiger partial charge >= 0.3 is 0 Å². The van der Waals surface area contributed by atoms with Crippen molar-refractivity contribution in [2.75, 3.05) is 26.0 Å². The molecule has 1 aromatic heterocycles. The van der Waals surface area contributed by atoms with E-state index in [2.05, 4.69) is 20.0 Å². The van der Waals surface area contributed by atoms with Gasteiger partial charge in [-0.15, -0.1) is 0 Å². The molecule has 2 unspecified atom stereocenters. The Bertz CT molecular complexity index is 1470. The lowest BCUT2D eigenvalue weighted by Gasteiger charge is -2.29. The summed E-state index contributed by atoms with van der Waals surface area (Å²) in [5.41, 5.74) is 0.205. The second kappa shape index (κ2) is 12.2. The number of amides is 1. The zero-order chi connectivity index (χ0) is 27.3. The second-order valence-corrected chi connectivity index (χ2v) is 11.4. The lowest BCUT2D eigenvalue weighted by molar-refractivity contribution is -0.0169. The van der Waals surface area contributed by atoms with Crippen molar-refractivity contribution in [3.63, 3.8) is 0 Å². The Morgan fingerprint density at radius 3 is 2.82 bits per heavy atom. The molecule has 4 rings (SSSR count). The summed E-state index contributed by atoms with van der Waals surface area (Å²) in [7, 11) is -3.28. The van der Waals surface area contributed by atoms with Gasteiger partial charge in [0.2, 0.25) is 10.0 Å². The van der Waals surface area contributed by atoms with Crippen molar-refractivity contribution < 1.29 is 27.1 Å². The van der Waals surface area contributed by atoms with Gasteiger partial charge in [-0.25, -0.2) is 22.5 Å². The van der Waals surface area contributed by atoms with Gasteiger partial charge < -0.3 is 19.8 Å². The first kappa shape index (κ1) is 28.0. The van der Waals surface area contributed by atoms with E-state index < -0.39 is 27.3 Å². The van der Waals surface area contributed by atoms with Crippen LogP contribution in [-0.2, 0) is 21.3 Å². The van der Waals surface area contributed by atoms with Crippen LogP contribution in [0.15, 0.2) is 41.2 Å². The summed E-state index contributed by atoms with van der Waals surface area (Å²) in [6, 6.07) is 9.44. The normalized spacial score (nSPS) is 17.9. The fourth-order valence-electron chi connectivity index (χ4n) is 4.16. The first-order chi connectivity index (χ1) is 18.1. The summed E-state index contributed by atoms with van der Waals surface area (Å²) < 4.78 is 50.9. The summed E-state index contributed by atoms with van der Waals surface area (Å²) in [5.74, 6) is -1.60. The molecule has 3 N–H and O–H groups in total. The average molecular weight is 567 g/mol. The molecule has 0 aliphatic carbocycles. The minimum absolute atomic E-state index is 0.0804. The monoisotopic (exact) mass is 566 g/mol. The first-order valence-electron chi connectivity index (χ1n) is 12.0. The highest BCUT2D eigenvalue weighted by Crippen LogP contribution is 2.27. The van der Waals surface area contributed by atoms with Crippen molar-refractivity contribution in [1.29, 1.82) is 0 Å². The van der Waals surface area contributed by atoms with Gasteiger partial charge in [-0.05, 0) is 55.0 Å². The van der Waals surface area contributed by atoms with Gasteiger partial charge in [-0.3, -0.25) is 9.59 Å². The summed E-state index contributed by atoms with van der Waals surface area (Å²) in [6.07, 6.45) is 2.94. The quantitative estimate of drug-likeness (QED) is 0.343. The average Bonchev–Trinajstić information content (AvgIpc) is 2.87. The van der Waals surface area contributed by atoms with Gasteiger partial charge in [0.15, 0.2) is 17.4 Å². The number of fused-ring (bicyclic) bond motifs is 1. The van der Waals surface area contributed by atoms with Crippen LogP contribution in [0.3, 0.4) is 0 Å². The highest BCUT2D eigenvalue weighted by Gasteiger charge is 2.23. The lowest BCUT2D eigenvalue weighted by Crippen LogP contribution is -2.37. The molecular weight excluding hydrogens is 539 g/mol. The predicted molar refractivity (Wildman–Crippen MR) is 140 cm³/mol. The number of rotatable bonds is 10. The topological polar surface area (TPSA) is 139 Å². The zero-order valence-electron chi connectivity index (χ0n) is 20.6. The predicted octanol–water partition coefficient (Wildman–Crippen LogP) is 2.76. The summed E-state index contributed by atoms with van der Waals surface area (Å²) in [4.78, 5) is 32.0. The summed E-state index contributed by atoms with van der Waals surface area (Å²) >= 11 is 5.96. The van der Waals surface area contributed by atoms with Crippen molar-refractivity contribution >= 4 is 38.4 Å². The molecule has 10 nitrogen and oxygen atoms in total. The molecule has 0 radical (unpaired) electrons. The Morgan fingerprint density at radius 1 is 1.29 bits per heavy atom. The summed E-state index contributed by atoms with van der Waals surface area (Å²) in [5, 5.41) is 3.12. The Labute approximate surface area is 223 Å². The molecule has 204 valence electrons. The van der Waals surface area contributed by atoms with Gasteiger partial charge in [0.1, 0.15) is 5.39 Å². The SMILES string of the molecule is CS(=O)(=O)NCC1CCC(CCOc2c(F)ccc3nc(C(=O)NCc4cccc(Cl)c4)[nH]c(=O)c23)CO1. The Kier molecular flexibility index (Phi) is 8.98. The van der Waals surface area contributed by atoms with E-state index in [1.54, 1.807) is 24.3 Å². The van der Waals surface area contributed by atoms with Gasteiger partial charge in [-0.1, -0.05) is 23.7 Å². The van der Waals surface area contributed by atoms with Crippen LogP contribution in [0, 0.1) is 11.7 Å². The van der Waals surface area contributed by atoms with Crippen molar-refractivity contribution in [3.8, 4) is 5.75 Å². The highest BCUT2D eigenvalue weighted by molar-refractivity contribution is 7.88. The van der Waals surface area contributed by atoms with Gasteiger partial charge in [0.25, 0.3) is 11.5 Å². The van der Waals surface area contributed by atoms with E-state index in [1.807, 2.05) is 0 Å². The fraction of sp³-hybridized carbons (Fsp3) is 0.400. The van der Waals surface area contributed by atoms with E-state index in [9.17, 15) is 22.4 Å². The smallest absolute Gasteiger partial charge is 0.287 e. The largest absolute Gasteiger partial charge is 0.490 e. The number of hydrogen-bond acceptors (Lipinski definition) is 7. The van der Waals surface area contributed by atoms with Crippen LogP contribution in [0.1, 0.15) is 35.4 Å². The summed E-state index contributed by atoms with van der Waals surface area (Å²) in [6.45, 7) is 0.962. The molecular formula is C25H28ClFN4O6S. The fourth-order valence-corrected chi connectivity index (χ4v) is 4.86. The van der Waals surface area contributed by atoms with Gasteiger partial charge in [0.05, 0.1) is 24.5 Å². The number of sulfonamides is 1. The van der Waals surface area contributed by atoms with Crippen LogP contribution in [0.4, 0.5) is 4.39 Å². The molecule has 2 atom stereocenters. The van der Waals surface area contributed by atoms with E-state index in [0.717, 1.165) is 24.3 Å². The third-order valence-electron chi connectivity index (χ3n) is 6.15. The number of benzene rings is 2. The van der Waals surface area contributed by atoms with E-state index in [4.69, 9.17) is 21.1 Å². The van der Waals surface area contributed by atoms with E-state index in [1.165, 1.54) is 6.07 Å². The maximum atomic E-state index is 14.6. The number of aromatic nitrogens is 2. The van der Waals surface area contributed by atoms with Crippen molar-refractivity contribution in [1.82, 2.24) is 20.0 Å². The van der Waals surface area contributed by atoms with E-state index in [0.29, 0.717) is 24.5 Å². The lowest BCUT2D eigenvalue weighted by atomic mass is 9.96. The number of nitrogens with zero attached hydrogens (tertiary/aromatic N) is 1. The van der Waals surface area contributed by atoms with E-state index in [-0.39, 0.29) is 54.2 Å². The number of nitrogens with one attached hydrogen (secondary N) is 3. The molecule has 2 aromatic carbocycles. The van der Waals surface area contributed by atoms with Crippen LogP contribution in [0.25, 0.3) is 10.9 Å². The molecule has 3 aromatic rings. The molecule has 0 saturated carbocycles. The molecule has 1 saturated heterocycles. The third-order valence-corrected chi connectivity index (χ3v) is 7.07. The maximum Gasteiger partial charge on any atom is 0.287 e.